The minimum atomic E-state index is 0.569. The average Bonchev–Trinajstić information content (AvgIpc) is 2.01. The minimum absolute atomic E-state index is 0.569. The molecule has 58 valence electrons. The normalized spacial score (nSPS) is 9.45. The van der Waals surface area contributed by atoms with Gasteiger partial charge in [-0.15, -0.1) is 18.3 Å². The van der Waals surface area contributed by atoms with E-state index < -0.39 is 0 Å². The predicted octanol–water partition coefficient (Wildman–Crippen LogP) is 1.94. The van der Waals surface area contributed by atoms with Crippen molar-refractivity contribution in [1.29, 1.82) is 0 Å². The van der Waals surface area contributed by atoms with E-state index in [1.165, 1.54) is 0 Å². The molecule has 0 saturated carbocycles. The first-order valence-electron chi connectivity index (χ1n) is 3.28. The lowest BCUT2D eigenvalue weighted by atomic mass is 10.5. The van der Waals surface area contributed by atoms with E-state index in [2.05, 4.69) is 11.6 Å². The summed E-state index contributed by atoms with van der Waals surface area (Å²) >= 11 is 1.70. The number of aromatic nitrogens is 1. The highest BCUT2D eigenvalue weighted by molar-refractivity contribution is 7.99. The molecule has 0 aliphatic rings. The first-order chi connectivity index (χ1) is 5.33. The lowest BCUT2D eigenvalue weighted by molar-refractivity contribution is 1.27. The molecule has 0 atom stereocenters. The van der Waals surface area contributed by atoms with E-state index in [4.69, 9.17) is 5.73 Å². The molecule has 11 heavy (non-hydrogen) atoms. The van der Waals surface area contributed by atoms with Gasteiger partial charge in [0.2, 0.25) is 0 Å². The van der Waals surface area contributed by atoms with Crippen molar-refractivity contribution in [3.8, 4) is 0 Å². The average molecular weight is 166 g/mol. The van der Waals surface area contributed by atoms with Gasteiger partial charge in [0, 0.05) is 16.8 Å². The van der Waals surface area contributed by atoms with Crippen LogP contribution in [0.2, 0.25) is 0 Å². The largest absolute Gasteiger partial charge is 0.384 e. The summed E-state index contributed by atoms with van der Waals surface area (Å²) in [5, 5.41) is 0. The van der Waals surface area contributed by atoms with Gasteiger partial charge in [-0.3, -0.25) is 0 Å². The van der Waals surface area contributed by atoms with Crippen molar-refractivity contribution in [3.63, 3.8) is 0 Å². The number of nitrogens with zero attached hydrogens (tertiary/aromatic N) is 1. The van der Waals surface area contributed by atoms with Crippen LogP contribution in [0.25, 0.3) is 0 Å². The summed E-state index contributed by atoms with van der Waals surface area (Å²) in [5.41, 5.74) is 5.48. The summed E-state index contributed by atoms with van der Waals surface area (Å²) in [7, 11) is 0. The Bertz CT molecular complexity index is 248. The molecule has 1 aromatic heterocycles. The summed E-state index contributed by atoms with van der Waals surface area (Å²) in [4.78, 5) is 5.02. The summed E-state index contributed by atoms with van der Waals surface area (Å²) in [6.07, 6.45) is 3.57. The lowest BCUT2D eigenvalue weighted by Crippen LogP contribution is -1.88. The summed E-state index contributed by atoms with van der Waals surface area (Å²) in [6, 6.07) is 3.79. The number of pyridine rings is 1. The second-order valence-electron chi connectivity index (χ2n) is 2.02. The van der Waals surface area contributed by atoms with Gasteiger partial charge in [-0.05, 0) is 12.1 Å². The highest BCUT2D eigenvalue weighted by Crippen LogP contribution is 2.18. The fourth-order valence-corrected chi connectivity index (χ4v) is 1.34. The minimum Gasteiger partial charge on any atom is -0.384 e. The van der Waals surface area contributed by atoms with Crippen LogP contribution >= 0.6 is 11.8 Å². The molecular weight excluding hydrogens is 156 g/mol. The lowest BCUT2D eigenvalue weighted by Gasteiger charge is -1.97. The van der Waals surface area contributed by atoms with Crippen molar-refractivity contribution < 1.29 is 0 Å². The van der Waals surface area contributed by atoms with Gasteiger partial charge >= 0.3 is 0 Å². The molecule has 1 aromatic rings. The van der Waals surface area contributed by atoms with Crippen molar-refractivity contribution in [2.24, 2.45) is 0 Å². The summed E-state index contributed by atoms with van der Waals surface area (Å²) < 4.78 is 0. The fourth-order valence-electron chi connectivity index (χ4n) is 0.673. The van der Waals surface area contributed by atoms with Crippen LogP contribution in [0, 0.1) is 0 Å². The molecular formula is C8H10N2S. The van der Waals surface area contributed by atoms with Crippen LogP contribution in [0.4, 0.5) is 5.82 Å². The molecule has 0 aliphatic heterocycles. The molecule has 0 radical (unpaired) electrons. The zero-order valence-corrected chi connectivity index (χ0v) is 6.97. The molecule has 3 heteroatoms. The summed E-state index contributed by atoms with van der Waals surface area (Å²) in [5.74, 6) is 1.47. The molecule has 1 heterocycles. The van der Waals surface area contributed by atoms with Crippen LogP contribution in [0.15, 0.2) is 35.9 Å². The van der Waals surface area contributed by atoms with Crippen LogP contribution in [-0.4, -0.2) is 10.7 Å². The van der Waals surface area contributed by atoms with Gasteiger partial charge in [0.25, 0.3) is 0 Å². The maximum atomic E-state index is 5.48. The first kappa shape index (κ1) is 8.14. The van der Waals surface area contributed by atoms with E-state index in [0.717, 1.165) is 10.6 Å². The molecule has 0 saturated heterocycles. The Hall–Kier alpha value is -0.960. The molecule has 0 unspecified atom stereocenters. The number of hydrogen-bond donors (Lipinski definition) is 1. The van der Waals surface area contributed by atoms with E-state index in [-0.39, 0.29) is 0 Å². The van der Waals surface area contributed by atoms with Gasteiger partial charge in [-0.2, -0.15) is 0 Å². The second-order valence-corrected chi connectivity index (χ2v) is 3.11. The van der Waals surface area contributed by atoms with Gasteiger partial charge in [-0.25, -0.2) is 4.98 Å². The predicted molar refractivity (Wildman–Crippen MR) is 49.6 cm³/mol. The van der Waals surface area contributed by atoms with Crippen LogP contribution in [0.1, 0.15) is 0 Å². The van der Waals surface area contributed by atoms with E-state index in [9.17, 15) is 0 Å². The SMILES string of the molecule is C=CCSc1ccnc(N)c1. The Morgan fingerprint density at radius 1 is 1.73 bits per heavy atom. The van der Waals surface area contributed by atoms with Crippen LogP contribution in [-0.2, 0) is 0 Å². The van der Waals surface area contributed by atoms with Crippen LogP contribution in [0.5, 0.6) is 0 Å². The third-order valence-electron chi connectivity index (χ3n) is 1.12. The molecule has 2 N–H and O–H groups in total. The Balaban J connectivity index is 2.63. The molecule has 0 amide bonds. The van der Waals surface area contributed by atoms with Gasteiger partial charge in [0.1, 0.15) is 5.82 Å². The highest BCUT2D eigenvalue weighted by atomic mass is 32.2. The van der Waals surface area contributed by atoms with Gasteiger partial charge in [-0.1, -0.05) is 6.08 Å². The van der Waals surface area contributed by atoms with Crippen molar-refractivity contribution in [1.82, 2.24) is 4.98 Å². The Morgan fingerprint density at radius 2 is 2.55 bits per heavy atom. The fraction of sp³-hybridized carbons (Fsp3) is 0.125. The molecule has 0 spiro atoms. The first-order valence-corrected chi connectivity index (χ1v) is 4.26. The monoisotopic (exact) mass is 166 g/mol. The number of nitrogens with two attached hydrogens (primary N) is 1. The van der Waals surface area contributed by atoms with Crippen molar-refractivity contribution in [2.45, 2.75) is 4.90 Å². The maximum Gasteiger partial charge on any atom is 0.124 e. The number of nitrogen functional groups attached to an aromatic ring is 1. The molecule has 1 rings (SSSR count). The molecule has 0 aliphatic carbocycles. The number of rotatable bonds is 3. The summed E-state index contributed by atoms with van der Waals surface area (Å²) in [6.45, 7) is 3.63. The van der Waals surface area contributed by atoms with E-state index in [0.29, 0.717) is 5.82 Å². The van der Waals surface area contributed by atoms with E-state index in [1.807, 2.05) is 18.2 Å². The number of anilines is 1. The van der Waals surface area contributed by atoms with Gasteiger partial charge in [0.15, 0.2) is 0 Å². The Kier molecular flexibility index (Phi) is 2.98. The number of hydrogen-bond acceptors (Lipinski definition) is 3. The Labute approximate surface area is 70.5 Å². The Morgan fingerprint density at radius 3 is 3.18 bits per heavy atom. The highest BCUT2D eigenvalue weighted by Gasteiger charge is 1.91. The smallest absolute Gasteiger partial charge is 0.124 e. The molecule has 2 nitrogen and oxygen atoms in total. The second kappa shape index (κ2) is 4.03. The molecule has 0 aromatic carbocycles. The van der Waals surface area contributed by atoms with Crippen LogP contribution in [0.3, 0.4) is 0 Å². The third-order valence-corrected chi connectivity index (χ3v) is 2.11. The van der Waals surface area contributed by atoms with E-state index >= 15 is 0 Å². The van der Waals surface area contributed by atoms with Crippen molar-refractivity contribution in [2.75, 3.05) is 11.5 Å². The topological polar surface area (TPSA) is 38.9 Å². The number of thioether (sulfide) groups is 1. The zero-order chi connectivity index (χ0) is 8.10. The van der Waals surface area contributed by atoms with Crippen molar-refractivity contribution in [3.05, 3.63) is 31.0 Å². The molecule has 0 fully saturated rings. The maximum absolute atomic E-state index is 5.48. The zero-order valence-electron chi connectivity index (χ0n) is 6.16. The van der Waals surface area contributed by atoms with Gasteiger partial charge in [0.05, 0.1) is 0 Å². The third kappa shape index (κ3) is 2.63. The standard InChI is InChI=1S/C8H10N2S/c1-2-5-11-7-3-4-10-8(9)6-7/h2-4,6H,1,5H2,(H2,9,10). The van der Waals surface area contributed by atoms with Gasteiger partial charge < -0.3 is 5.73 Å². The molecule has 0 bridgehead atoms. The quantitative estimate of drug-likeness (QED) is 0.551. The van der Waals surface area contributed by atoms with E-state index in [1.54, 1.807) is 18.0 Å². The van der Waals surface area contributed by atoms with Crippen LogP contribution < -0.4 is 5.73 Å². The van der Waals surface area contributed by atoms with Crippen molar-refractivity contribution >= 4 is 17.6 Å².